The third-order valence-electron chi connectivity index (χ3n) is 11.3. The van der Waals surface area contributed by atoms with Gasteiger partial charge in [-0.1, -0.05) is 35.6 Å². The molecule has 0 unspecified atom stereocenters. The van der Waals surface area contributed by atoms with Crippen molar-refractivity contribution in [2.75, 3.05) is 22.9 Å². The molecule has 31 nitrogen and oxygen atoms in total. The van der Waals surface area contributed by atoms with Gasteiger partial charge in [0.1, 0.15) is 86.4 Å². The van der Waals surface area contributed by atoms with E-state index in [1.54, 1.807) is 12.1 Å². The van der Waals surface area contributed by atoms with Crippen LogP contribution < -0.4 is 122 Å². The maximum absolute atomic E-state index is 12.1. The number of aromatic nitrogens is 4. The third-order valence-corrected chi connectivity index (χ3v) is 16.3. The van der Waals surface area contributed by atoms with Crippen LogP contribution in [0, 0.1) is 40.9 Å². The Labute approximate surface area is 575 Å². The van der Waals surface area contributed by atoms with Gasteiger partial charge in [0, 0.05) is 22.5 Å². The first-order valence-electron chi connectivity index (χ1n) is 23.1. The fraction of sp³-hybridized carbons (Fsp3) is 0.0625. The van der Waals surface area contributed by atoms with Crippen LogP contribution in [0.1, 0.15) is 22.3 Å². The molecule has 3 heterocycles. The van der Waals surface area contributed by atoms with E-state index in [4.69, 9.17) is 0 Å². The number of hydrogen-bond acceptors (Lipinski definition) is 29. The van der Waals surface area contributed by atoms with Gasteiger partial charge in [0.15, 0.2) is 10.5 Å². The molecule has 434 valence electrons. The molecule has 90 heavy (non-hydrogen) atoms. The van der Waals surface area contributed by atoms with E-state index in [1.165, 1.54) is 67.6 Å². The number of anilines is 4. The summed E-state index contributed by atoms with van der Waals surface area (Å²) in [5.74, 6) is -1.32. The molecule has 0 fully saturated rings. The number of benzene rings is 5. The molecule has 0 spiro atoms. The molecule has 0 radical (unpaired) electrons. The first-order chi connectivity index (χ1) is 40.0. The van der Waals surface area contributed by atoms with Gasteiger partial charge in [-0.15, -0.1) is 20.5 Å². The Balaban J connectivity index is 0.00000423. The molecule has 0 atom stereocenters. The molecular formula is C48H31Li5N16O15S6. The van der Waals surface area contributed by atoms with Gasteiger partial charge in [0.05, 0.1) is 64.5 Å². The van der Waals surface area contributed by atoms with Gasteiger partial charge in [-0.25, -0.2) is 57.1 Å². The van der Waals surface area contributed by atoms with Crippen molar-refractivity contribution in [1.82, 2.24) is 19.9 Å². The third kappa shape index (κ3) is 19.8. The summed E-state index contributed by atoms with van der Waals surface area (Å²) in [5, 5.41) is 54.3. The van der Waals surface area contributed by atoms with E-state index in [0.29, 0.717) is 18.2 Å². The van der Waals surface area contributed by atoms with Crippen molar-refractivity contribution in [3.05, 3.63) is 154 Å². The van der Waals surface area contributed by atoms with Crippen LogP contribution in [0.4, 0.5) is 55.9 Å². The number of nitriles is 3. The summed E-state index contributed by atoms with van der Waals surface area (Å²) >= 11 is 0.802. The van der Waals surface area contributed by atoms with Gasteiger partial charge >= 0.3 is 94.3 Å². The van der Waals surface area contributed by atoms with E-state index in [0.717, 1.165) is 35.6 Å². The second kappa shape index (κ2) is 31.9. The topological polar surface area (TPSA) is 528 Å². The van der Waals surface area contributed by atoms with Gasteiger partial charge < -0.3 is 38.4 Å². The molecule has 0 aliphatic carbocycles. The molecule has 8 aromatic rings. The summed E-state index contributed by atoms with van der Waals surface area (Å²) in [4.78, 5) is 21.5. The summed E-state index contributed by atoms with van der Waals surface area (Å²) in [7, 11) is -25.1. The quantitative estimate of drug-likeness (QED) is 0.0302. The average molecular weight is 1300 g/mol. The molecule has 0 bridgehead atoms. The minimum absolute atomic E-state index is 0. The first-order valence-corrected chi connectivity index (χ1v) is 31.2. The molecule has 5 aromatic carbocycles. The van der Waals surface area contributed by atoms with Crippen LogP contribution in [0.15, 0.2) is 170 Å². The van der Waals surface area contributed by atoms with E-state index in [1.807, 2.05) is 12.1 Å². The van der Waals surface area contributed by atoms with Gasteiger partial charge in [-0.05, 0) is 103 Å². The second-order valence-electron chi connectivity index (χ2n) is 17.0. The van der Waals surface area contributed by atoms with E-state index in [2.05, 4.69) is 72.1 Å². The Morgan fingerprint density at radius 2 is 1.12 bits per heavy atom. The largest absolute Gasteiger partial charge is 1.00 e. The number of aromatic amines is 3. The predicted molar refractivity (Wildman–Crippen MR) is 290 cm³/mol. The Hall–Kier alpha value is -6.83. The van der Waals surface area contributed by atoms with Gasteiger partial charge in [0.25, 0.3) is 0 Å². The number of hydrogen-bond donors (Lipinski definition) is 5. The van der Waals surface area contributed by atoms with E-state index >= 15 is 0 Å². The Bertz CT molecular complexity index is 5050. The summed E-state index contributed by atoms with van der Waals surface area (Å²) in [6.45, 7) is 0.808. The van der Waals surface area contributed by atoms with Crippen LogP contribution in [0.5, 0.6) is 0 Å². The number of rotatable bonds is 18. The summed E-state index contributed by atoms with van der Waals surface area (Å²) in [6.07, 6.45) is 0. The number of nitrogens with one attached hydrogen (secondary N) is 5. The van der Waals surface area contributed by atoms with E-state index in [-0.39, 0.29) is 183 Å². The average Bonchev–Trinajstić information content (AvgIpc) is 1.40. The Morgan fingerprint density at radius 3 is 1.69 bits per heavy atom. The van der Waals surface area contributed by atoms with Crippen molar-refractivity contribution in [2.45, 2.75) is 26.5 Å². The molecule has 0 aliphatic rings. The fourth-order valence-electron chi connectivity index (χ4n) is 7.39. The monoisotopic (exact) mass is 1300 g/mol. The maximum atomic E-state index is 12.1. The molecule has 0 saturated carbocycles. The van der Waals surface area contributed by atoms with Crippen LogP contribution in [-0.2, 0) is 50.6 Å². The van der Waals surface area contributed by atoms with Crippen molar-refractivity contribution in [1.29, 1.82) is 15.8 Å². The molecular weight excluding hydrogens is 1270 g/mol. The second-order valence-corrected chi connectivity index (χ2v) is 24.9. The van der Waals surface area contributed by atoms with Crippen molar-refractivity contribution >= 4 is 118 Å². The van der Waals surface area contributed by atoms with E-state index < -0.39 is 99.4 Å². The normalized spacial score (nSPS) is 12.3. The summed E-state index contributed by atoms with van der Waals surface area (Å²) < 4.78 is 176. The standard InChI is InChI=1S/C48H36N16O15S6.5Li/c1-26-35(24-50)42(53-29-10-14-32(15-11-29)82(68,69)70)57-43(54-30-12-16-33(17-13-30)83(71,72)73)41(26)62-63-44-36(25-51)40(45(80-44)64-61-37-5-3-2-4-28(37)23-49)27-6-8-31(9-7-27)55-47-58-46(52-20-21-81(65,66)67)59-48(60-47)56-38-22-34(84(74,75)76)18-19-39(38)85(77,78)79;;;;;/h2-19,22H,20-21H2,1H3,(H2,53,54,57)(H,65,66,67)(H,68,69,70)(H,71,72,73)(H,74,75,76)(H,77,78,79)(H3,52,55,56,58,59,60);;;;;/q;5*+1/p-5. The zero-order valence-corrected chi connectivity index (χ0v) is 52.3. The predicted octanol–water partition coefficient (Wildman–Crippen LogP) is -9.42. The minimum Gasteiger partial charge on any atom is -0.748 e. The van der Waals surface area contributed by atoms with Crippen molar-refractivity contribution < 1.29 is 159 Å². The zero-order valence-electron chi connectivity index (χ0n) is 47.4. The van der Waals surface area contributed by atoms with Crippen LogP contribution >= 0.6 is 11.3 Å². The number of pyridine rings is 1. The molecule has 42 heteroatoms. The molecule has 0 saturated heterocycles. The number of nitrogens with zero attached hydrogens (tertiary/aromatic N) is 11. The van der Waals surface area contributed by atoms with E-state index in [9.17, 15) is 80.6 Å². The van der Waals surface area contributed by atoms with Crippen molar-refractivity contribution in [3.63, 3.8) is 0 Å². The number of H-pyrrole nitrogens is 3. The van der Waals surface area contributed by atoms with Crippen LogP contribution in [0.25, 0.3) is 11.1 Å². The summed E-state index contributed by atoms with van der Waals surface area (Å²) in [5.41, 5.74) is -1.10. The van der Waals surface area contributed by atoms with Crippen molar-refractivity contribution in [3.8, 4) is 29.3 Å². The Morgan fingerprint density at radius 1 is 0.567 bits per heavy atom. The maximum Gasteiger partial charge on any atom is 1.00 e. The fourth-order valence-corrected chi connectivity index (χ4v) is 10.6. The zero-order chi connectivity index (χ0) is 61.6. The number of azo groups is 2. The Kier molecular flexibility index (Phi) is 27.5. The summed E-state index contributed by atoms with van der Waals surface area (Å²) in [6, 6.07) is 28.8. The number of thiophene rings is 1. The van der Waals surface area contributed by atoms with Gasteiger partial charge in [0.2, 0.25) is 17.2 Å². The van der Waals surface area contributed by atoms with Gasteiger partial charge in [-0.2, -0.15) is 20.8 Å². The SMILES string of the molecule is Cc1c(C#N)c(Nc2ccc(S(=O)(=O)[O-])cc2)[nH]c(=Nc2ccc(S(=O)(=O)[O-])cc2)c1N=Nc1sc(N=Nc2ccccc2C#N)c(-c2ccc(Nc3nc(=NCCS(=O)(=O)[O-])[nH]c(=Nc4cc(S(=O)(=O)[O-])ccc4S(=O)(=O)[O-])[nH]3)cc2)c1C#N.[Li+].[Li+].[Li+].[Li+].[Li+]. The van der Waals surface area contributed by atoms with Crippen LogP contribution in [-0.4, -0.2) is 97.1 Å². The van der Waals surface area contributed by atoms with Crippen molar-refractivity contribution in [2.24, 2.45) is 35.4 Å². The first kappa shape index (κ1) is 77.4. The molecule has 0 aliphatic heterocycles. The van der Waals surface area contributed by atoms with Crippen LogP contribution in [0.3, 0.4) is 0 Å². The minimum atomic E-state index is -5.36. The molecule has 0 amide bonds. The smallest absolute Gasteiger partial charge is 0.748 e. The van der Waals surface area contributed by atoms with Gasteiger partial charge in [-0.3, -0.25) is 9.97 Å². The van der Waals surface area contributed by atoms with Crippen LogP contribution in [0.2, 0.25) is 0 Å². The molecule has 5 N–H and O–H groups in total. The molecule has 8 rings (SSSR count). The molecule has 3 aromatic heterocycles.